The first-order chi connectivity index (χ1) is 7.72. The summed E-state index contributed by atoms with van der Waals surface area (Å²) in [5, 5.41) is 4.70. The van der Waals surface area contributed by atoms with Gasteiger partial charge in [-0.15, -0.1) is 0 Å². The highest BCUT2D eigenvalue weighted by Crippen LogP contribution is 2.16. The van der Waals surface area contributed by atoms with Gasteiger partial charge in [-0.25, -0.2) is 0 Å². The van der Waals surface area contributed by atoms with Crippen molar-refractivity contribution in [1.29, 1.82) is 0 Å². The number of hydrogen-bond donors (Lipinski definition) is 1. The molecule has 0 radical (unpaired) electrons. The maximum absolute atomic E-state index is 4.56. The number of amidine groups is 1. The van der Waals surface area contributed by atoms with Gasteiger partial charge in [-0.2, -0.15) is 0 Å². The highest BCUT2D eigenvalue weighted by Gasteiger charge is 2.13. The summed E-state index contributed by atoms with van der Waals surface area (Å²) in [5.74, 6) is 1.96. The fraction of sp³-hybridized carbons (Fsp3) is 0.923. The summed E-state index contributed by atoms with van der Waals surface area (Å²) in [5.41, 5.74) is 0. The summed E-state index contributed by atoms with van der Waals surface area (Å²) in [6.07, 6.45) is 6.69. The summed E-state index contributed by atoms with van der Waals surface area (Å²) >= 11 is 1.88. The highest BCUT2D eigenvalue weighted by atomic mass is 32.2. The van der Waals surface area contributed by atoms with Crippen LogP contribution in [0.3, 0.4) is 0 Å². The van der Waals surface area contributed by atoms with Crippen LogP contribution in [0.25, 0.3) is 0 Å². The molecule has 1 N–H and O–H groups in total. The summed E-state index contributed by atoms with van der Waals surface area (Å²) < 4.78 is 0. The van der Waals surface area contributed by atoms with Crippen molar-refractivity contribution < 1.29 is 0 Å². The molecule has 0 bridgehead atoms. The summed E-state index contributed by atoms with van der Waals surface area (Å²) in [7, 11) is 0. The Bertz CT molecular complexity index is 216. The van der Waals surface area contributed by atoms with Crippen LogP contribution in [0.5, 0.6) is 0 Å². The van der Waals surface area contributed by atoms with Crippen LogP contribution in [-0.4, -0.2) is 23.5 Å². The van der Waals surface area contributed by atoms with Crippen molar-refractivity contribution in [1.82, 2.24) is 5.32 Å². The van der Waals surface area contributed by atoms with Gasteiger partial charge in [0.2, 0.25) is 0 Å². The number of nitrogens with zero attached hydrogens (tertiary/aromatic N) is 1. The maximum atomic E-state index is 4.56. The normalized spacial score (nSPS) is 22.7. The van der Waals surface area contributed by atoms with Gasteiger partial charge in [0, 0.05) is 18.3 Å². The predicted molar refractivity (Wildman–Crippen MR) is 75.3 cm³/mol. The zero-order chi connectivity index (χ0) is 11.8. The number of thioether (sulfide) groups is 1. The van der Waals surface area contributed by atoms with Gasteiger partial charge >= 0.3 is 0 Å². The monoisotopic (exact) mass is 242 g/mol. The number of hydrogen-bond acceptors (Lipinski definition) is 3. The van der Waals surface area contributed by atoms with E-state index in [1.54, 1.807) is 0 Å². The van der Waals surface area contributed by atoms with Crippen LogP contribution < -0.4 is 5.32 Å². The summed E-state index contributed by atoms with van der Waals surface area (Å²) in [6, 6.07) is 0.580. The molecule has 0 aliphatic carbocycles. The summed E-state index contributed by atoms with van der Waals surface area (Å²) in [4.78, 5) is 4.56. The van der Waals surface area contributed by atoms with Gasteiger partial charge in [0.25, 0.3) is 0 Å². The van der Waals surface area contributed by atoms with Gasteiger partial charge in [-0.1, -0.05) is 51.3 Å². The molecule has 16 heavy (non-hydrogen) atoms. The Morgan fingerprint density at radius 3 is 2.88 bits per heavy atom. The third kappa shape index (κ3) is 5.78. The highest BCUT2D eigenvalue weighted by molar-refractivity contribution is 8.13. The van der Waals surface area contributed by atoms with Gasteiger partial charge in [-0.05, 0) is 19.3 Å². The molecule has 0 aromatic rings. The van der Waals surface area contributed by atoms with Crippen molar-refractivity contribution >= 4 is 16.9 Å². The van der Waals surface area contributed by atoms with E-state index >= 15 is 0 Å². The predicted octanol–water partition coefficient (Wildman–Crippen LogP) is 3.67. The molecule has 2 unspecified atom stereocenters. The van der Waals surface area contributed by atoms with Gasteiger partial charge in [0.15, 0.2) is 5.17 Å². The zero-order valence-electron chi connectivity index (χ0n) is 11.0. The van der Waals surface area contributed by atoms with E-state index in [0.717, 1.165) is 12.5 Å². The van der Waals surface area contributed by atoms with Gasteiger partial charge in [-0.3, -0.25) is 4.99 Å². The van der Waals surface area contributed by atoms with Crippen molar-refractivity contribution in [3.63, 3.8) is 0 Å². The standard InChI is InChI=1S/C13H26N2S/c1-4-5-6-7-8-12(3)15-13-14-9-11(2)10-16-13/h11-12H,4-10H2,1-3H3,(H,14,15). The number of unbranched alkanes of at least 4 members (excludes halogenated alkanes) is 3. The maximum Gasteiger partial charge on any atom is 0.156 e. The smallest absolute Gasteiger partial charge is 0.156 e. The second-order valence-electron chi connectivity index (χ2n) is 4.96. The minimum Gasteiger partial charge on any atom is -0.362 e. The van der Waals surface area contributed by atoms with Crippen LogP contribution in [0.15, 0.2) is 4.99 Å². The first-order valence-electron chi connectivity index (χ1n) is 6.66. The van der Waals surface area contributed by atoms with Crippen LogP contribution in [0, 0.1) is 5.92 Å². The molecule has 0 saturated heterocycles. The first kappa shape index (κ1) is 13.9. The topological polar surface area (TPSA) is 24.4 Å². The van der Waals surface area contributed by atoms with Crippen molar-refractivity contribution in [2.24, 2.45) is 10.9 Å². The molecule has 3 heteroatoms. The third-order valence-electron chi connectivity index (χ3n) is 2.91. The molecule has 0 spiro atoms. The number of aliphatic imine (C=N–C) groups is 1. The van der Waals surface area contributed by atoms with Crippen molar-refractivity contribution in [2.75, 3.05) is 12.3 Å². The molecule has 0 fully saturated rings. The zero-order valence-corrected chi connectivity index (χ0v) is 11.8. The summed E-state index contributed by atoms with van der Waals surface area (Å²) in [6.45, 7) is 7.79. The van der Waals surface area contributed by atoms with E-state index in [1.165, 1.54) is 43.0 Å². The van der Waals surface area contributed by atoms with E-state index in [4.69, 9.17) is 0 Å². The Morgan fingerprint density at radius 2 is 2.25 bits per heavy atom. The second-order valence-corrected chi connectivity index (χ2v) is 5.97. The SMILES string of the molecule is CCCCCCC(C)NC1=NCC(C)CS1. The lowest BCUT2D eigenvalue weighted by Gasteiger charge is -2.21. The van der Waals surface area contributed by atoms with Crippen LogP contribution in [0.1, 0.15) is 52.9 Å². The molecular weight excluding hydrogens is 216 g/mol. The van der Waals surface area contributed by atoms with Gasteiger partial charge in [0.1, 0.15) is 0 Å². The number of rotatable bonds is 6. The molecule has 0 aromatic heterocycles. The average molecular weight is 242 g/mol. The van der Waals surface area contributed by atoms with Crippen LogP contribution in [0.4, 0.5) is 0 Å². The lowest BCUT2D eigenvalue weighted by Crippen LogP contribution is -2.33. The molecule has 2 atom stereocenters. The van der Waals surface area contributed by atoms with Crippen molar-refractivity contribution in [2.45, 2.75) is 58.9 Å². The van der Waals surface area contributed by atoms with Crippen LogP contribution in [0.2, 0.25) is 0 Å². The Morgan fingerprint density at radius 1 is 1.44 bits per heavy atom. The van der Waals surface area contributed by atoms with Gasteiger partial charge < -0.3 is 5.32 Å². The molecule has 1 aliphatic rings. The Labute approximate surface area is 105 Å². The molecule has 94 valence electrons. The lowest BCUT2D eigenvalue weighted by molar-refractivity contribution is 0.543. The Balaban J connectivity index is 2.11. The molecule has 0 saturated carbocycles. The fourth-order valence-corrected chi connectivity index (χ4v) is 2.80. The van der Waals surface area contributed by atoms with E-state index < -0.39 is 0 Å². The van der Waals surface area contributed by atoms with Crippen molar-refractivity contribution in [3.8, 4) is 0 Å². The molecule has 0 aromatic carbocycles. The van der Waals surface area contributed by atoms with Crippen LogP contribution >= 0.6 is 11.8 Å². The molecule has 1 heterocycles. The minimum atomic E-state index is 0.580. The Kier molecular flexibility index (Phi) is 6.93. The minimum absolute atomic E-state index is 0.580. The van der Waals surface area contributed by atoms with E-state index in [0.29, 0.717) is 6.04 Å². The average Bonchev–Trinajstić information content (AvgIpc) is 2.28. The number of nitrogens with one attached hydrogen (secondary N) is 1. The van der Waals surface area contributed by atoms with Crippen LogP contribution in [-0.2, 0) is 0 Å². The van der Waals surface area contributed by atoms with E-state index in [9.17, 15) is 0 Å². The third-order valence-corrected chi connectivity index (χ3v) is 4.17. The first-order valence-corrected chi connectivity index (χ1v) is 7.64. The molecule has 2 nitrogen and oxygen atoms in total. The van der Waals surface area contributed by atoms with E-state index in [2.05, 4.69) is 31.1 Å². The molecular formula is C13H26N2S. The molecule has 1 aliphatic heterocycles. The lowest BCUT2D eigenvalue weighted by atomic mass is 10.1. The molecule has 1 rings (SSSR count). The van der Waals surface area contributed by atoms with Gasteiger partial charge in [0.05, 0.1) is 0 Å². The Hall–Kier alpha value is -0.180. The second kappa shape index (κ2) is 7.99. The van der Waals surface area contributed by atoms with E-state index in [1.807, 2.05) is 11.8 Å². The van der Waals surface area contributed by atoms with Crippen molar-refractivity contribution in [3.05, 3.63) is 0 Å². The fourth-order valence-electron chi connectivity index (χ4n) is 1.81. The van der Waals surface area contributed by atoms with E-state index in [-0.39, 0.29) is 0 Å². The quantitative estimate of drug-likeness (QED) is 0.719. The molecule has 0 amide bonds. The largest absolute Gasteiger partial charge is 0.362 e.